The third-order valence-electron chi connectivity index (χ3n) is 6.07. The molecule has 0 aliphatic carbocycles. The number of non-ortho nitro benzene ring substituents is 1. The molecule has 0 radical (unpaired) electrons. The molecule has 1 heterocycles. The van der Waals surface area contributed by atoms with E-state index in [4.69, 9.17) is 0 Å². The van der Waals surface area contributed by atoms with Crippen LogP contribution in [-0.4, -0.2) is 35.0 Å². The summed E-state index contributed by atoms with van der Waals surface area (Å²) < 4.78 is 13.3. The first-order valence-electron chi connectivity index (χ1n) is 11.3. The number of nitro benzene ring substituents is 1. The van der Waals surface area contributed by atoms with Gasteiger partial charge in [-0.25, -0.2) is 9.18 Å². The van der Waals surface area contributed by atoms with Gasteiger partial charge < -0.3 is 10.6 Å². The summed E-state index contributed by atoms with van der Waals surface area (Å²) in [5, 5.41) is 16.3. The van der Waals surface area contributed by atoms with Crippen LogP contribution in [0.4, 0.5) is 20.6 Å². The zero-order valence-electron chi connectivity index (χ0n) is 18.7. The summed E-state index contributed by atoms with van der Waals surface area (Å²) in [7, 11) is 0. The van der Waals surface area contributed by atoms with E-state index in [1.54, 1.807) is 6.07 Å². The topological polar surface area (TPSA) is 87.5 Å². The Bertz CT molecular complexity index is 1150. The average molecular weight is 463 g/mol. The van der Waals surface area contributed by atoms with Gasteiger partial charge in [-0.1, -0.05) is 42.5 Å². The van der Waals surface area contributed by atoms with Gasteiger partial charge in [0.2, 0.25) is 0 Å². The summed E-state index contributed by atoms with van der Waals surface area (Å²) in [6.07, 6.45) is 2.51. The maximum atomic E-state index is 13.3. The Morgan fingerprint density at radius 1 is 1.06 bits per heavy atom. The minimum absolute atomic E-state index is 0.0737. The van der Waals surface area contributed by atoms with Gasteiger partial charge in [-0.05, 0) is 54.2 Å². The van der Waals surface area contributed by atoms with Crippen molar-refractivity contribution in [1.29, 1.82) is 0 Å². The minimum Gasteiger partial charge on any atom is -0.338 e. The van der Waals surface area contributed by atoms with E-state index in [0.29, 0.717) is 18.3 Å². The number of fused-ring (bicyclic) bond motifs is 1. The Balaban J connectivity index is 1.31. The van der Waals surface area contributed by atoms with Gasteiger partial charge in [0.15, 0.2) is 0 Å². The highest BCUT2D eigenvalue weighted by molar-refractivity contribution is 5.89. The van der Waals surface area contributed by atoms with Crippen LogP contribution in [0.15, 0.2) is 72.8 Å². The summed E-state index contributed by atoms with van der Waals surface area (Å²) in [5.41, 5.74) is 4.06. The molecule has 0 aromatic heterocycles. The number of amides is 2. The number of nitrogens with zero attached hydrogens (tertiary/aromatic N) is 2. The molecule has 176 valence electrons. The van der Waals surface area contributed by atoms with Crippen LogP contribution in [0, 0.1) is 15.9 Å². The van der Waals surface area contributed by atoms with Crippen LogP contribution in [0.25, 0.3) is 0 Å². The molecule has 0 saturated heterocycles. The Morgan fingerprint density at radius 2 is 1.82 bits per heavy atom. The van der Waals surface area contributed by atoms with Gasteiger partial charge in [0, 0.05) is 43.5 Å². The van der Waals surface area contributed by atoms with Crippen LogP contribution in [0.1, 0.15) is 23.1 Å². The van der Waals surface area contributed by atoms with Crippen molar-refractivity contribution in [2.24, 2.45) is 0 Å². The van der Waals surface area contributed by atoms with E-state index in [2.05, 4.69) is 39.8 Å². The number of nitro groups is 1. The lowest BCUT2D eigenvalue weighted by molar-refractivity contribution is -0.384. The van der Waals surface area contributed by atoms with Crippen LogP contribution >= 0.6 is 0 Å². The minimum atomic E-state index is -0.498. The monoisotopic (exact) mass is 462 g/mol. The molecule has 1 aliphatic rings. The average Bonchev–Trinajstić information content (AvgIpc) is 2.83. The third kappa shape index (κ3) is 6.17. The molecule has 1 atom stereocenters. The number of rotatable bonds is 8. The molecule has 1 aliphatic heterocycles. The van der Waals surface area contributed by atoms with Gasteiger partial charge in [-0.15, -0.1) is 0 Å². The van der Waals surface area contributed by atoms with E-state index in [0.717, 1.165) is 37.9 Å². The fourth-order valence-corrected chi connectivity index (χ4v) is 4.35. The van der Waals surface area contributed by atoms with Crippen LogP contribution in [0.5, 0.6) is 0 Å². The van der Waals surface area contributed by atoms with Gasteiger partial charge in [-0.3, -0.25) is 15.0 Å². The Hall–Kier alpha value is -3.78. The molecule has 1 unspecified atom stereocenters. The predicted molar refractivity (Wildman–Crippen MR) is 129 cm³/mol. The zero-order valence-corrected chi connectivity index (χ0v) is 18.7. The molecule has 34 heavy (non-hydrogen) atoms. The number of urea groups is 1. The second-order valence-corrected chi connectivity index (χ2v) is 8.47. The van der Waals surface area contributed by atoms with Crippen molar-refractivity contribution < 1.29 is 14.1 Å². The van der Waals surface area contributed by atoms with E-state index in [9.17, 15) is 19.3 Å². The molecule has 0 fully saturated rings. The molecule has 3 aromatic carbocycles. The van der Waals surface area contributed by atoms with Crippen LogP contribution in [-0.2, 0) is 19.4 Å². The van der Waals surface area contributed by atoms with Gasteiger partial charge in [0.25, 0.3) is 5.69 Å². The van der Waals surface area contributed by atoms with Crippen molar-refractivity contribution in [2.45, 2.75) is 31.8 Å². The van der Waals surface area contributed by atoms with Crippen molar-refractivity contribution in [3.63, 3.8) is 0 Å². The highest BCUT2D eigenvalue weighted by Crippen LogP contribution is 2.26. The lowest BCUT2D eigenvalue weighted by atomic mass is 9.90. The third-order valence-corrected chi connectivity index (χ3v) is 6.07. The molecular weight excluding hydrogens is 435 g/mol. The molecule has 0 bridgehead atoms. The van der Waals surface area contributed by atoms with Gasteiger partial charge in [0.05, 0.1) is 4.92 Å². The maximum absolute atomic E-state index is 13.3. The summed E-state index contributed by atoms with van der Waals surface area (Å²) in [6.45, 7) is 2.11. The van der Waals surface area contributed by atoms with Gasteiger partial charge >= 0.3 is 6.03 Å². The number of carbonyl (C=O) groups is 1. The van der Waals surface area contributed by atoms with Gasteiger partial charge in [0.1, 0.15) is 5.82 Å². The van der Waals surface area contributed by atoms with Gasteiger partial charge in [-0.2, -0.15) is 0 Å². The summed E-state index contributed by atoms with van der Waals surface area (Å²) in [4.78, 5) is 25.0. The molecule has 0 spiro atoms. The fourth-order valence-electron chi connectivity index (χ4n) is 4.35. The molecule has 2 amide bonds. The molecule has 7 nitrogen and oxygen atoms in total. The number of anilines is 1. The van der Waals surface area contributed by atoms with Crippen molar-refractivity contribution in [1.82, 2.24) is 10.2 Å². The number of hydrogen-bond acceptors (Lipinski definition) is 4. The Morgan fingerprint density at radius 3 is 2.59 bits per heavy atom. The largest absolute Gasteiger partial charge is 0.338 e. The van der Waals surface area contributed by atoms with E-state index < -0.39 is 11.0 Å². The fraction of sp³-hybridized carbons (Fsp3) is 0.269. The van der Waals surface area contributed by atoms with Crippen LogP contribution in [0.3, 0.4) is 0 Å². The number of hydrogen-bond donors (Lipinski definition) is 2. The second kappa shape index (κ2) is 10.9. The first-order chi connectivity index (χ1) is 16.5. The SMILES string of the molecule is O=C(NCCCN1Cc2ccccc2CC1Cc1ccc(F)cc1)Nc1cccc([N+](=O)[O-])c1. The summed E-state index contributed by atoms with van der Waals surface area (Å²) in [6, 6.07) is 20.9. The zero-order chi connectivity index (χ0) is 23.9. The first kappa shape index (κ1) is 23.4. The number of carbonyl (C=O) groups excluding carboxylic acids is 1. The van der Waals surface area contributed by atoms with E-state index in [1.165, 1.54) is 41.5 Å². The van der Waals surface area contributed by atoms with Crippen molar-refractivity contribution in [3.05, 3.63) is 105 Å². The predicted octanol–water partition coefficient (Wildman–Crippen LogP) is 4.92. The lowest BCUT2D eigenvalue weighted by Gasteiger charge is -2.37. The van der Waals surface area contributed by atoms with E-state index in [-0.39, 0.29) is 11.5 Å². The van der Waals surface area contributed by atoms with Crippen LogP contribution in [0.2, 0.25) is 0 Å². The quantitative estimate of drug-likeness (QED) is 0.283. The summed E-state index contributed by atoms with van der Waals surface area (Å²) in [5.74, 6) is -0.232. The van der Waals surface area contributed by atoms with E-state index >= 15 is 0 Å². The molecule has 3 aromatic rings. The van der Waals surface area contributed by atoms with Crippen LogP contribution < -0.4 is 10.6 Å². The Labute approximate surface area is 197 Å². The summed E-state index contributed by atoms with van der Waals surface area (Å²) >= 11 is 0. The van der Waals surface area contributed by atoms with Crippen molar-refractivity contribution >= 4 is 17.4 Å². The highest BCUT2D eigenvalue weighted by Gasteiger charge is 2.25. The number of nitrogens with one attached hydrogen (secondary N) is 2. The first-order valence-corrected chi connectivity index (χ1v) is 11.3. The van der Waals surface area contributed by atoms with E-state index in [1.807, 2.05) is 12.1 Å². The van der Waals surface area contributed by atoms with Crippen molar-refractivity contribution in [2.75, 3.05) is 18.4 Å². The molecule has 0 saturated carbocycles. The molecule has 8 heteroatoms. The standard InChI is InChI=1S/C26H27FN4O3/c27-22-11-9-19(10-12-22)15-25-16-20-5-1-2-6-21(20)18-30(25)14-4-13-28-26(32)29-23-7-3-8-24(17-23)31(33)34/h1-3,5-12,17,25H,4,13-16,18H2,(H2,28,29,32). The molecular formula is C26H27FN4O3. The maximum Gasteiger partial charge on any atom is 0.319 e. The lowest BCUT2D eigenvalue weighted by Crippen LogP contribution is -2.43. The Kier molecular flexibility index (Phi) is 7.49. The number of benzene rings is 3. The van der Waals surface area contributed by atoms with Crippen molar-refractivity contribution in [3.8, 4) is 0 Å². The normalized spacial score (nSPS) is 15.4. The molecule has 4 rings (SSSR count). The molecule has 2 N–H and O–H groups in total. The smallest absolute Gasteiger partial charge is 0.319 e. The number of halogens is 1. The highest BCUT2D eigenvalue weighted by atomic mass is 19.1. The second-order valence-electron chi connectivity index (χ2n) is 8.47.